The lowest BCUT2D eigenvalue weighted by Crippen LogP contribution is -2.35. The summed E-state index contributed by atoms with van der Waals surface area (Å²) < 4.78 is 0. The van der Waals surface area contributed by atoms with Crippen LogP contribution in [0.25, 0.3) is 0 Å². The second-order valence-electron chi connectivity index (χ2n) is 5.85. The maximum absolute atomic E-state index is 12.5. The second-order valence-corrected chi connectivity index (χ2v) is 6.28. The van der Waals surface area contributed by atoms with Crippen LogP contribution in [-0.2, 0) is 4.79 Å². The van der Waals surface area contributed by atoms with Gasteiger partial charge in [-0.15, -0.1) is 0 Å². The Morgan fingerprint density at radius 1 is 1.04 bits per heavy atom. The molecular weight excluding hydrogens is 316 g/mol. The van der Waals surface area contributed by atoms with Crippen molar-refractivity contribution in [1.29, 1.82) is 0 Å². The first-order valence-electron chi connectivity index (χ1n) is 8.05. The minimum atomic E-state index is -0.736. The van der Waals surface area contributed by atoms with E-state index in [1.54, 1.807) is 24.3 Å². The van der Waals surface area contributed by atoms with Crippen molar-refractivity contribution in [2.75, 3.05) is 32.7 Å². The van der Waals surface area contributed by atoms with E-state index in [1.165, 1.54) is 0 Å². The number of aliphatic carboxylic acids is 1. The minimum Gasteiger partial charge on any atom is -0.481 e. The van der Waals surface area contributed by atoms with Gasteiger partial charge in [0.05, 0.1) is 0 Å². The van der Waals surface area contributed by atoms with Crippen LogP contribution in [0.15, 0.2) is 24.3 Å². The van der Waals surface area contributed by atoms with E-state index in [9.17, 15) is 9.59 Å². The molecule has 1 heterocycles. The summed E-state index contributed by atoms with van der Waals surface area (Å²) >= 11 is 5.86. The second kappa shape index (κ2) is 8.89. The van der Waals surface area contributed by atoms with Crippen molar-refractivity contribution in [3.05, 3.63) is 34.9 Å². The predicted octanol–water partition coefficient (Wildman–Crippen LogP) is 2.74. The summed E-state index contributed by atoms with van der Waals surface area (Å²) in [5.41, 5.74) is 0.671. The molecule has 0 atom stereocenters. The highest BCUT2D eigenvalue weighted by Gasteiger charge is 2.20. The zero-order valence-electron chi connectivity index (χ0n) is 13.2. The highest BCUT2D eigenvalue weighted by atomic mass is 35.5. The van der Waals surface area contributed by atoms with Crippen molar-refractivity contribution in [1.82, 2.24) is 9.80 Å². The number of benzene rings is 1. The average molecular weight is 339 g/mol. The molecule has 6 heteroatoms. The summed E-state index contributed by atoms with van der Waals surface area (Å²) in [5, 5.41) is 9.28. The fraction of sp³-hybridized carbons (Fsp3) is 0.529. The van der Waals surface area contributed by atoms with Crippen LogP contribution in [0.5, 0.6) is 0 Å². The minimum absolute atomic E-state index is 0.0504. The molecule has 0 unspecified atom stereocenters. The number of carbonyl (C=O) groups excluding carboxylic acids is 1. The molecule has 0 aliphatic carbocycles. The van der Waals surface area contributed by atoms with Gasteiger partial charge >= 0.3 is 5.97 Å². The first-order valence-corrected chi connectivity index (χ1v) is 8.43. The molecule has 0 radical (unpaired) electrons. The summed E-state index contributed by atoms with van der Waals surface area (Å²) in [6.45, 7) is 4.16. The number of nitrogens with zero attached hydrogens (tertiary/aromatic N) is 2. The molecular formula is C17H23ClN2O3. The Hall–Kier alpha value is -1.59. The fourth-order valence-electron chi connectivity index (χ4n) is 2.78. The first kappa shape index (κ1) is 17.8. The highest BCUT2D eigenvalue weighted by molar-refractivity contribution is 6.30. The van der Waals surface area contributed by atoms with E-state index in [1.807, 2.05) is 4.90 Å². The smallest absolute Gasteiger partial charge is 0.303 e. The van der Waals surface area contributed by atoms with Gasteiger partial charge in [-0.2, -0.15) is 0 Å². The van der Waals surface area contributed by atoms with Crippen LogP contribution in [0.3, 0.4) is 0 Å². The van der Waals surface area contributed by atoms with Crippen LogP contribution < -0.4 is 0 Å². The van der Waals surface area contributed by atoms with Gasteiger partial charge < -0.3 is 14.9 Å². The number of unbranched alkanes of at least 4 members (excludes halogenated alkanes) is 1. The first-order chi connectivity index (χ1) is 11.1. The van der Waals surface area contributed by atoms with Crippen LogP contribution in [0, 0.1) is 0 Å². The Morgan fingerprint density at radius 2 is 1.78 bits per heavy atom. The number of rotatable bonds is 6. The van der Waals surface area contributed by atoms with Crippen LogP contribution in [0.2, 0.25) is 5.02 Å². The molecule has 1 fully saturated rings. The Labute approximate surface area is 141 Å². The molecule has 0 aromatic heterocycles. The van der Waals surface area contributed by atoms with Crippen molar-refractivity contribution in [3.63, 3.8) is 0 Å². The van der Waals surface area contributed by atoms with Crippen LogP contribution in [0.4, 0.5) is 0 Å². The van der Waals surface area contributed by atoms with Gasteiger partial charge in [0.2, 0.25) is 0 Å². The number of halogens is 1. The lowest BCUT2D eigenvalue weighted by Gasteiger charge is -2.22. The van der Waals surface area contributed by atoms with Crippen molar-refractivity contribution in [3.8, 4) is 0 Å². The zero-order valence-corrected chi connectivity index (χ0v) is 14.0. The quantitative estimate of drug-likeness (QED) is 0.810. The SMILES string of the molecule is O=C(O)CCCCN1CCCN(C(=O)c2ccc(Cl)cc2)CC1. The van der Waals surface area contributed by atoms with Gasteiger partial charge in [0.25, 0.3) is 5.91 Å². The summed E-state index contributed by atoms with van der Waals surface area (Å²) in [7, 11) is 0. The highest BCUT2D eigenvalue weighted by Crippen LogP contribution is 2.13. The molecule has 23 heavy (non-hydrogen) atoms. The van der Waals surface area contributed by atoms with Gasteiger partial charge in [-0.05, 0) is 56.6 Å². The van der Waals surface area contributed by atoms with Gasteiger partial charge in [-0.25, -0.2) is 0 Å². The Bertz CT molecular complexity index is 533. The van der Waals surface area contributed by atoms with Gasteiger partial charge in [0.15, 0.2) is 0 Å². The number of carboxylic acid groups (broad SMARTS) is 1. The molecule has 1 saturated heterocycles. The van der Waals surface area contributed by atoms with Crippen molar-refractivity contribution in [2.45, 2.75) is 25.7 Å². The third kappa shape index (κ3) is 5.84. The Morgan fingerprint density at radius 3 is 2.48 bits per heavy atom. The molecule has 1 aromatic carbocycles. The number of hydrogen-bond acceptors (Lipinski definition) is 3. The topological polar surface area (TPSA) is 60.9 Å². The average Bonchev–Trinajstić information content (AvgIpc) is 2.77. The third-order valence-electron chi connectivity index (χ3n) is 4.08. The molecule has 5 nitrogen and oxygen atoms in total. The van der Waals surface area contributed by atoms with Gasteiger partial charge in [0, 0.05) is 36.6 Å². The lowest BCUT2D eigenvalue weighted by atomic mass is 10.2. The molecule has 1 aliphatic heterocycles. The number of amides is 1. The van der Waals surface area contributed by atoms with E-state index in [4.69, 9.17) is 16.7 Å². The molecule has 126 valence electrons. The lowest BCUT2D eigenvalue weighted by molar-refractivity contribution is -0.137. The van der Waals surface area contributed by atoms with Gasteiger partial charge in [0.1, 0.15) is 0 Å². The van der Waals surface area contributed by atoms with E-state index in [2.05, 4.69) is 4.90 Å². The summed E-state index contributed by atoms with van der Waals surface area (Å²) in [4.78, 5) is 27.2. The Balaban J connectivity index is 1.80. The number of hydrogen-bond donors (Lipinski definition) is 1. The normalized spacial score (nSPS) is 16.1. The fourth-order valence-corrected chi connectivity index (χ4v) is 2.91. The van der Waals surface area contributed by atoms with E-state index < -0.39 is 5.97 Å². The van der Waals surface area contributed by atoms with Crippen LogP contribution in [0.1, 0.15) is 36.0 Å². The van der Waals surface area contributed by atoms with Crippen molar-refractivity contribution < 1.29 is 14.7 Å². The number of carboxylic acids is 1. The largest absolute Gasteiger partial charge is 0.481 e. The third-order valence-corrected chi connectivity index (χ3v) is 4.33. The standard InChI is InChI=1S/C17H23ClN2O3/c18-15-7-5-14(6-8-15)17(23)20-11-3-10-19(12-13-20)9-2-1-4-16(21)22/h5-8H,1-4,9-13H2,(H,21,22). The van der Waals surface area contributed by atoms with E-state index in [0.717, 1.165) is 39.0 Å². The van der Waals surface area contributed by atoms with Crippen LogP contribution >= 0.6 is 11.6 Å². The van der Waals surface area contributed by atoms with E-state index >= 15 is 0 Å². The van der Waals surface area contributed by atoms with Gasteiger partial charge in [-0.3, -0.25) is 9.59 Å². The zero-order chi connectivity index (χ0) is 16.7. The summed E-state index contributed by atoms with van der Waals surface area (Å²) in [5.74, 6) is -0.685. The van der Waals surface area contributed by atoms with E-state index in [-0.39, 0.29) is 12.3 Å². The molecule has 2 rings (SSSR count). The van der Waals surface area contributed by atoms with Crippen molar-refractivity contribution >= 4 is 23.5 Å². The maximum atomic E-state index is 12.5. The number of carbonyl (C=O) groups is 2. The van der Waals surface area contributed by atoms with Gasteiger partial charge in [-0.1, -0.05) is 11.6 Å². The predicted molar refractivity (Wildman–Crippen MR) is 89.9 cm³/mol. The molecule has 0 saturated carbocycles. The summed E-state index contributed by atoms with van der Waals surface area (Å²) in [6, 6.07) is 7.00. The molecule has 1 N–H and O–H groups in total. The summed E-state index contributed by atoms with van der Waals surface area (Å²) in [6.07, 6.45) is 2.77. The van der Waals surface area contributed by atoms with E-state index in [0.29, 0.717) is 23.6 Å². The monoisotopic (exact) mass is 338 g/mol. The molecule has 1 amide bonds. The molecule has 0 bridgehead atoms. The molecule has 1 aromatic rings. The molecule has 1 aliphatic rings. The Kier molecular flexibility index (Phi) is 6.86. The van der Waals surface area contributed by atoms with Crippen molar-refractivity contribution in [2.24, 2.45) is 0 Å². The maximum Gasteiger partial charge on any atom is 0.303 e. The molecule has 0 spiro atoms. The van der Waals surface area contributed by atoms with Crippen LogP contribution in [-0.4, -0.2) is 59.5 Å².